The molecule has 8 nitrogen and oxygen atoms in total. The van der Waals surface area contributed by atoms with E-state index >= 15 is 0 Å². The number of carboxylic acid groups (broad SMARTS) is 1. The van der Waals surface area contributed by atoms with Gasteiger partial charge >= 0.3 is 5.97 Å². The number of hydrogen-bond donors (Lipinski definition) is 2. The highest BCUT2D eigenvalue weighted by atomic mass is 16.5. The Morgan fingerprint density at radius 3 is 2.89 bits per heavy atom. The number of hydrogen-bond acceptors (Lipinski definition) is 5. The molecule has 0 bridgehead atoms. The van der Waals surface area contributed by atoms with Crippen molar-refractivity contribution in [2.24, 2.45) is 0 Å². The number of fused-ring (bicyclic) bond motifs is 1. The molecule has 0 aromatic heterocycles. The Morgan fingerprint density at radius 1 is 1.32 bits per heavy atom. The minimum absolute atomic E-state index is 0.0264. The summed E-state index contributed by atoms with van der Waals surface area (Å²) >= 11 is 0. The molecular formula is C20H26N2O6. The number of rotatable bonds is 8. The lowest BCUT2D eigenvalue weighted by Crippen LogP contribution is -2.37. The van der Waals surface area contributed by atoms with Crippen molar-refractivity contribution < 1.29 is 29.0 Å². The molecule has 1 aromatic rings. The number of ether oxygens (including phenoxy) is 2. The van der Waals surface area contributed by atoms with Crippen LogP contribution in [-0.4, -0.2) is 60.2 Å². The van der Waals surface area contributed by atoms with Gasteiger partial charge in [0.05, 0.1) is 19.1 Å². The maximum absolute atomic E-state index is 12.5. The van der Waals surface area contributed by atoms with Crippen molar-refractivity contribution in [1.29, 1.82) is 0 Å². The summed E-state index contributed by atoms with van der Waals surface area (Å²) in [4.78, 5) is 36.6. The molecule has 1 fully saturated rings. The molecule has 0 aliphatic carbocycles. The van der Waals surface area contributed by atoms with E-state index in [0.29, 0.717) is 51.0 Å². The van der Waals surface area contributed by atoms with Gasteiger partial charge < -0.3 is 24.8 Å². The van der Waals surface area contributed by atoms with E-state index in [2.05, 4.69) is 5.32 Å². The number of carboxylic acids is 1. The molecule has 2 amide bonds. The van der Waals surface area contributed by atoms with Crippen LogP contribution in [0.1, 0.15) is 37.7 Å². The average molecular weight is 390 g/mol. The van der Waals surface area contributed by atoms with Crippen molar-refractivity contribution in [2.75, 3.05) is 25.6 Å². The van der Waals surface area contributed by atoms with Gasteiger partial charge in [-0.15, -0.1) is 0 Å². The molecule has 3 rings (SSSR count). The number of likely N-dealkylation sites (tertiary alicyclic amines) is 1. The molecule has 0 spiro atoms. The molecule has 0 radical (unpaired) electrons. The number of nitrogens with one attached hydrogen (secondary N) is 1. The third kappa shape index (κ3) is 5.01. The van der Waals surface area contributed by atoms with Crippen LogP contribution in [-0.2, 0) is 25.5 Å². The Morgan fingerprint density at radius 2 is 2.14 bits per heavy atom. The summed E-state index contributed by atoms with van der Waals surface area (Å²) < 4.78 is 11.0. The number of carbonyl (C=O) groups excluding carboxylic acids is 2. The van der Waals surface area contributed by atoms with Gasteiger partial charge in [0, 0.05) is 38.2 Å². The molecule has 1 saturated heterocycles. The Kier molecular flexibility index (Phi) is 6.51. The van der Waals surface area contributed by atoms with Gasteiger partial charge in [0.1, 0.15) is 5.75 Å². The fourth-order valence-corrected chi connectivity index (χ4v) is 3.75. The van der Waals surface area contributed by atoms with Crippen molar-refractivity contribution in [2.45, 2.75) is 50.7 Å². The lowest BCUT2D eigenvalue weighted by Gasteiger charge is -2.23. The minimum atomic E-state index is -0.911. The highest BCUT2D eigenvalue weighted by Gasteiger charge is 2.36. The van der Waals surface area contributed by atoms with Crippen LogP contribution >= 0.6 is 0 Å². The van der Waals surface area contributed by atoms with Gasteiger partial charge in [0.25, 0.3) is 0 Å². The third-order valence-electron chi connectivity index (χ3n) is 5.22. The number of benzene rings is 1. The maximum Gasteiger partial charge on any atom is 0.305 e. The highest BCUT2D eigenvalue weighted by Crippen LogP contribution is 2.27. The van der Waals surface area contributed by atoms with Gasteiger partial charge in [-0.3, -0.25) is 14.4 Å². The second-order valence-electron chi connectivity index (χ2n) is 7.21. The van der Waals surface area contributed by atoms with Crippen molar-refractivity contribution in [3.8, 4) is 5.75 Å². The quantitative estimate of drug-likeness (QED) is 0.656. The van der Waals surface area contributed by atoms with Crippen LogP contribution < -0.4 is 10.1 Å². The van der Waals surface area contributed by atoms with E-state index in [1.54, 1.807) is 18.1 Å². The van der Waals surface area contributed by atoms with E-state index in [0.717, 1.165) is 11.3 Å². The minimum Gasteiger partial charge on any atom is -0.494 e. The summed E-state index contributed by atoms with van der Waals surface area (Å²) in [5.41, 5.74) is 1.87. The largest absolute Gasteiger partial charge is 0.494 e. The van der Waals surface area contributed by atoms with E-state index < -0.39 is 5.97 Å². The summed E-state index contributed by atoms with van der Waals surface area (Å²) in [7, 11) is 1.58. The van der Waals surface area contributed by atoms with Crippen molar-refractivity contribution in [1.82, 2.24) is 4.90 Å². The predicted octanol–water partition coefficient (Wildman–Crippen LogP) is 1.82. The van der Waals surface area contributed by atoms with E-state index in [-0.39, 0.29) is 30.4 Å². The summed E-state index contributed by atoms with van der Waals surface area (Å²) in [6.45, 7) is 0.826. The molecular weight excluding hydrogens is 364 g/mol. The first kappa shape index (κ1) is 20.1. The van der Waals surface area contributed by atoms with Crippen molar-refractivity contribution in [3.63, 3.8) is 0 Å². The standard InChI is InChI=1S/C20H26N2O6/c1-27-16-10-14(11-20(25)26)22(12-16)19(24)3-2-8-28-15-5-6-17-13(9-15)4-7-18(23)21-17/h5-6,9,14,16H,2-4,7-8,10-12H2,1H3,(H,21,23)(H,25,26). The number of carbonyl (C=O) groups is 3. The Balaban J connectivity index is 1.46. The van der Waals surface area contributed by atoms with Gasteiger partial charge in [-0.25, -0.2) is 0 Å². The zero-order chi connectivity index (χ0) is 20.1. The van der Waals surface area contributed by atoms with Gasteiger partial charge in [-0.2, -0.15) is 0 Å². The van der Waals surface area contributed by atoms with E-state index in [1.807, 2.05) is 12.1 Å². The van der Waals surface area contributed by atoms with Gasteiger partial charge in [0.15, 0.2) is 0 Å². The molecule has 1 aromatic carbocycles. The van der Waals surface area contributed by atoms with Crippen LogP contribution in [0.25, 0.3) is 0 Å². The first-order valence-corrected chi connectivity index (χ1v) is 9.56. The molecule has 2 unspecified atom stereocenters. The molecule has 2 atom stereocenters. The summed E-state index contributed by atoms with van der Waals surface area (Å²) in [5, 5.41) is 11.9. The monoisotopic (exact) mass is 390 g/mol. The van der Waals surface area contributed by atoms with E-state index in [9.17, 15) is 14.4 Å². The number of nitrogens with zero attached hydrogens (tertiary/aromatic N) is 1. The number of anilines is 1. The van der Waals surface area contributed by atoms with Crippen molar-refractivity contribution in [3.05, 3.63) is 23.8 Å². The molecule has 0 saturated carbocycles. The first-order valence-electron chi connectivity index (χ1n) is 9.56. The number of methoxy groups -OCH3 is 1. The van der Waals surface area contributed by atoms with Gasteiger partial charge in [0.2, 0.25) is 11.8 Å². The second kappa shape index (κ2) is 9.05. The van der Waals surface area contributed by atoms with Gasteiger partial charge in [-0.05, 0) is 43.0 Å². The van der Waals surface area contributed by atoms with Crippen LogP contribution in [0, 0.1) is 0 Å². The topological polar surface area (TPSA) is 105 Å². The number of aryl methyl sites for hydroxylation is 1. The molecule has 2 aliphatic heterocycles. The lowest BCUT2D eigenvalue weighted by molar-refractivity contribution is -0.140. The fourth-order valence-electron chi connectivity index (χ4n) is 3.75. The summed E-state index contributed by atoms with van der Waals surface area (Å²) in [6.07, 6.45) is 2.39. The number of amides is 2. The second-order valence-corrected chi connectivity index (χ2v) is 7.21. The zero-order valence-corrected chi connectivity index (χ0v) is 16.0. The van der Waals surface area contributed by atoms with Crippen LogP contribution in [0.5, 0.6) is 5.75 Å². The third-order valence-corrected chi connectivity index (χ3v) is 5.22. The highest BCUT2D eigenvalue weighted by molar-refractivity contribution is 5.94. The zero-order valence-electron chi connectivity index (χ0n) is 16.0. The van der Waals surface area contributed by atoms with Crippen LogP contribution in [0.4, 0.5) is 5.69 Å². The molecule has 2 N–H and O–H groups in total. The molecule has 2 heterocycles. The van der Waals surface area contributed by atoms with Crippen LogP contribution in [0.2, 0.25) is 0 Å². The van der Waals surface area contributed by atoms with E-state index in [4.69, 9.17) is 14.6 Å². The molecule has 28 heavy (non-hydrogen) atoms. The Labute approximate surface area is 163 Å². The van der Waals surface area contributed by atoms with Crippen molar-refractivity contribution >= 4 is 23.5 Å². The van der Waals surface area contributed by atoms with Gasteiger partial charge in [-0.1, -0.05) is 0 Å². The van der Waals surface area contributed by atoms with Crippen LogP contribution in [0.15, 0.2) is 18.2 Å². The molecule has 2 aliphatic rings. The molecule has 152 valence electrons. The fraction of sp³-hybridized carbons (Fsp3) is 0.550. The maximum atomic E-state index is 12.5. The van der Waals surface area contributed by atoms with Crippen LogP contribution in [0.3, 0.4) is 0 Å². The first-order chi connectivity index (χ1) is 13.5. The van der Waals surface area contributed by atoms with E-state index in [1.165, 1.54) is 0 Å². The average Bonchev–Trinajstić information content (AvgIpc) is 3.07. The number of aliphatic carboxylic acids is 1. The summed E-state index contributed by atoms with van der Waals surface area (Å²) in [6, 6.07) is 5.24. The normalized spacial score (nSPS) is 21.2. The SMILES string of the molecule is COC1CC(CC(=O)O)N(C(=O)CCCOc2ccc3c(c2)CCC(=O)N3)C1. The smallest absolute Gasteiger partial charge is 0.305 e. The lowest BCUT2D eigenvalue weighted by atomic mass is 10.0. The Bertz CT molecular complexity index is 750. The molecule has 8 heteroatoms. The summed E-state index contributed by atoms with van der Waals surface area (Å²) in [5.74, 6) is -0.237. The predicted molar refractivity (Wildman–Crippen MR) is 101 cm³/mol. The Hall–Kier alpha value is -2.61.